The van der Waals surface area contributed by atoms with Crippen LogP contribution in [0.25, 0.3) is 0 Å². The van der Waals surface area contributed by atoms with Gasteiger partial charge in [0.2, 0.25) is 0 Å². The second kappa shape index (κ2) is 13.1. The van der Waals surface area contributed by atoms with Gasteiger partial charge in [-0.3, -0.25) is 4.90 Å². The molecule has 0 aliphatic carbocycles. The summed E-state index contributed by atoms with van der Waals surface area (Å²) in [5, 5.41) is 7.73. The minimum Gasteiger partial charge on any atom is -0.367 e. The number of piperazine rings is 1. The summed E-state index contributed by atoms with van der Waals surface area (Å²) in [6.07, 6.45) is 2.93. The van der Waals surface area contributed by atoms with Crippen molar-refractivity contribution in [3.05, 3.63) is 46.2 Å². The predicted octanol–water partition coefficient (Wildman–Crippen LogP) is 3.48. The summed E-state index contributed by atoms with van der Waals surface area (Å²) in [5.41, 5.74) is 0.718. The molecule has 0 radical (unpaired) electrons. The SMILES string of the molecule is CCNC(=NCc1ncc(C)s1)NCCCN1CCN(c2ccccc2F)CC1.I. The Hall–Kier alpha value is -1.46. The second-order valence-corrected chi connectivity index (χ2v) is 8.44. The minimum atomic E-state index is -0.131. The van der Waals surface area contributed by atoms with E-state index in [1.165, 1.54) is 10.9 Å². The Bertz CT molecular complexity index is 791. The fourth-order valence-electron chi connectivity index (χ4n) is 3.39. The molecule has 0 bridgehead atoms. The first-order valence-corrected chi connectivity index (χ1v) is 11.1. The largest absolute Gasteiger partial charge is 0.367 e. The number of hydrogen-bond acceptors (Lipinski definition) is 5. The van der Waals surface area contributed by atoms with E-state index in [2.05, 4.69) is 44.3 Å². The van der Waals surface area contributed by atoms with Gasteiger partial charge in [-0.15, -0.1) is 35.3 Å². The highest BCUT2D eigenvalue weighted by Crippen LogP contribution is 2.20. The quantitative estimate of drug-likeness (QED) is 0.230. The topological polar surface area (TPSA) is 55.8 Å². The average Bonchev–Trinajstić information content (AvgIpc) is 3.15. The summed E-state index contributed by atoms with van der Waals surface area (Å²) in [4.78, 5) is 14.8. The van der Waals surface area contributed by atoms with Crippen molar-refractivity contribution in [1.82, 2.24) is 20.5 Å². The number of benzene rings is 1. The summed E-state index contributed by atoms with van der Waals surface area (Å²) >= 11 is 1.69. The number of hydrogen-bond donors (Lipinski definition) is 2. The van der Waals surface area contributed by atoms with Crippen molar-refractivity contribution in [2.24, 2.45) is 4.99 Å². The molecule has 166 valence electrons. The maximum absolute atomic E-state index is 13.9. The van der Waals surface area contributed by atoms with Crippen LogP contribution in [-0.2, 0) is 6.54 Å². The molecule has 1 fully saturated rings. The highest BCUT2D eigenvalue weighted by molar-refractivity contribution is 14.0. The second-order valence-electron chi connectivity index (χ2n) is 7.12. The fraction of sp³-hybridized carbons (Fsp3) is 0.524. The number of halogens is 2. The first-order valence-electron chi connectivity index (χ1n) is 10.3. The number of guanidine groups is 1. The van der Waals surface area contributed by atoms with E-state index in [-0.39, 0.29) is 29.8 Å². The van der Waals surface area contributed by atoms with Crippen molar-refractivity contribution < 1.29 is 4.39 Å². The van der Waals surface area contributed by atoms with E-state index < -0.39 is 0 Å². The first kappa shape index (κ1) is 24.8. The normalized spacial score (nSPS) is 15.0. The summed E-state index contributed by atoms with van der Waals surface area (Å²) in [6, 6.07) is 7.04. The van der Waals surface area contributed by atoms with Gasteiger partial charge in [0, 0.05) is 50.3 Å². The minimum absolute atomic E-state index is 0. The Morgan fingerprint density at radius 2 is 1.97 bits per heavy atom. The monoisotopic (exact) mass is 546 g/mol. The molecular weight excluding hydrogens is 514 g/mol. The van der Waals surface area contributed by atoms with E-state index >= 15 is 0 Å². The molecule has 2 aromatic rings. The lowest BCUT2D eigenvalue weighted by atomic mass is 10.2. The van der Waals surface area contributed by atoms with Crippen molar-refractivity contribution >= 4 is 47.0 Å². The van der Waals surface area contributed by atoms with Crippen LogP contribution < -0.4 is 15.5 Å². The average molecular weight is 546 g/mol. The Morgan fingerprint density at radius 1 is 1.20 bits per heavy atom. The molecule has 0 unspecified atom stereocenters. The number of aromatic nitrogens is 1. The lowest BCUT2D eigenvalue weighted by molar-refractivity contribution is 0.254. The molecule has 1 saturated heterocycles. The van der Waals surface area contributed by atoms with Gasteiger partial charge < -0.3 is 15.5 Å². The molecule has 9 heteroatoms. The molecule has 2 N–H and O–H groups in total. The van der Waals surface area contributed by atoms with E-state index in [9.17, 15) is 4.39 Å². The molecule has 0 amide bonds. The molecule has 2 heterocycles. The van der Waals surface area contributed by atoms with E-state index in [0.717, 1.165) is 68.9 Å². The van der Waals surface area contributed by atoms with E-state index in [4.69, 9.17) is 0 Å². The Morgan fingerprint density at radius 3 is 2.63 bits per heavy atom. The van der Waals surface area contributed by atoms with Crippen LogP contribution in [0, 0.1) is 12.7 Å². The number of aryl methyl sites for hydroxylation is 1. The Labute approximate surface area is 200 Å². The van der Waals surface area contributed by atoms with Crippen LogP contribution in [0.3, 0.4) is 0 Å². The molecule has 3 rings (SSSR count). The molecule has 6 nitrogen and oxygen atoms in total. The van der Waals surface area contributed by atoms with Crippen LogP contribution in [0.15, 0.2) is 35.5 Å². The zero-order chi connectivity index (χ0) is 20.5. The van der Waals surface area contributed by atoms with Crippen molar-refractivity contribution in [3.63, 3.8) is 0 Å². The van der Waals surface area contributed by atoms with Gasteiger partial charge >= 0.3 is 0 Å². The smallest absolute Gasteiger partial charge is 0.191 e. The highest BCUT2D eigenvalue weighted by Gasteiger charge is 2.18. The van der Waals surface area contributed by atoms with Crippen LogP contribution in [0.4, 0.5) is 10.1 Å². The number of thiazole rings is 1. The maximum Gasteiger partial charge on any atom is 0.191 e. The van der Waals surface area contributed by atoms with Crippen LogP contribution in [0.1, 0.15) is 23.2 Å². The standard InChI is InChI=1S/C21H31FN6S.HI/c1-3-23-21(26-16-20-25-15-17(2)29-20)24-9-6-10-27-11-13-28(14-12-27)19-8-5-4-7-18(19)22;/h4-5,7-8,15H,3,6,9-14,16H2,1-2H3,(H2,23,24,26);1H. The van der Waals surface area contributed by atoms with Crippen LogP contribution in [-0.4, -0.2) is 61.7 Å². The molecule has 0 spiro atoms. The number of rotatable bonds is 8. The predicted molar refractivity (Wildman–Crippen MR) is 135 cm³/mol. The van der Waals surface area contributed by atoms with Gasteiger partial charge in [-0.2, -0.15) is 0 Å². The number of nitrogens with zero attached hydrogens (tertiary/aromatic N) is 4. The number of anilines is 1. The first-order chi connectivity index (χ1) is 14.2. The maximum atomic E-state index is 13.9. The van der Waals surface area contributed by atoms with Crippen LogP contribution in [0.5, 0.6) is 0 Å². The van der Waals surface area contributed by atoms with Gasteiger partial charge in [0.15, 0.2) is 5.96 Å². The third-order valence-corrected chi connectivity index (χ3v) is 5.79. The Kier molecular flexibility index (Phi) is 10.8. The van der Waals surface area contributed by atoms with Gasteiger partial charge in [0.25, 0.3) is 0 Å². The molecule has 1 aromatic heterocycles. The van der Waals surface area contributed by atoms with Gasteiger partial charge in [0.05, 0.1) is 12.2 Å². The molecule has 30 heavy (non-hydrogen) atoms. The third-order valence-electron chi connectivity index (χ3n) is 4.89. The van der Waals surface area contributed by atoms with E-state index in [1.54, 1.807) is 17.4 Å². The lowest BCUT2D eigenvalue weighted by Gasteiger charge is -2.36. The van der Waals surface area contributed by atoms with Crippen LogP contribution >= 0.6 is 35.3 Å². The number of nitrogens with one attached hydrogen (secondary N) is 2. The molecule has 0 atom stereocenters. The molecule has 1 aromatic carbocycles. The zero-order valence-electron chi connectivity index (χ0n) is 17.7. The van der Waals surface area contributed by atoms with Gasteiger partial charge in [-0.1, -0.05) is 12.1 Å². The van der Waals surface area contributed by atoms with Crippen molar-refractivity contribution in [2.45, 2.75) is 26.8 Å². The number of para-hydroxylation sites is 1. The fourth-order valence-corrected chi connectivity index (χ4v) is 4.10. The van der Waals surface area contributed by atoms with E-state index in [1.807, 2.05) is 18.3 Å². The van der Waals surface area contributed by atoms with Gasteiger partial charge in [-0.05, 0) is 38.9 Å². The summed E-state index contributed by atoms with van der Waals surface area (Å²) in [5.74, 6) is 0.707. The summed E-state index contributed by atoms with van der Waals surface area (Å²) in [7, 11) is 0. The molecule has 1 aliphatic heterocycles. The third kappa shape index (κ3) is 7.66. The van der Waals surface area contributed by atoms with Gasteiger partial charge in [-0.25, -0.2) is 14.4 Å². The zero-order valence-corrected chi connectivity index (χ0v) is 20.9. The van der Waals surface area contributed by atoms with Crippen molar-refractivity contribution in [1.29, 1.82) is 0 Å². The molecule has 0 saturated carbocycles. The van der Waals surface area contributed by atoms with Crippen molar-refractivity contribution in [2.75, 3.05) is 50.7 Å². The number of aliphatic imine (C=N–C) groups is 1. The van der Waals surface area contributed by atoms with Crippen LogP contribution in [0.2, 0.25) is 0 Å². The summed E-state index contributed by atoms with van der Waals surface area (Å²) in [6.45, 7) is 11.1. The Balaban J connectivity index is 0.00000320. The van der Waals surface area contributed by atoms with Gasteiger partial charge in [0.1, 0.15) is 10.8 Å². The van der Waals surface area contributed by atoms with Crippen molar-refractivity contribution in [3.8, 4) is 0 Å². The molecule has 1 aliphatic rings. The van der Waals surface area contributed by atoms with E-state index in [0.29, 0.717) is 6.54 Å². The lowest BCUT2D eigenvalue weighted by Crippen LogP contribution is -2.47. The summed E-state index contributed by atoms with van der Waals surface area (Å²) < 4.78 is 13.9. The molecular formula is C21H32FIN6S. The highest BCUT2D eigenvalue weighted by atomic mass is 127.